The lowest BCUT2D eigenvalue weighted by Gasteiger charge is -2.23. The third kappa shape index (κ3) is 4.02. The number of unbranched alkanes of at least 4 members (excludes halogenated alkanes) is 2. The van der Waals surface area contributed by atoms with Crippen LogP contribution in [0.25, 0.3) is 0 Å². The number of para-hydroxylation sites is 1. The normalized spacial score (nSPS) is 12.5. The van der Waals surface area contributed by atoms with Gasteiger partial charge in [-0.1, -0.05) is 69.2 Å². The predicted octanol–water partition coefficient (Wildman–Crippen LogP) is 7.31. The molecule has 0 atom stereocenters. The molecule has 1 aliphatic rings. The summed E-state index contributed by atoms with van der Waals surface area (Å²) in [5.41, 5.74) is -0.177. The van der Waals surface area contributed by atoms with E-state index in [4.69, 9.17) is 0 Å². The van der Waals surface area contributed by atoms with Crippen molar-refractivity contribution in [2.24, 2.45) is 0 Å². The molecule has 1 N–H and O–H groups in total. The summed E-state index contributed by atoms with van der Waals surface area (Å²) in [6.45, 7) is 4.10. The number of carbonyl (C=O) groups is 2. The van der Waals surface area contributed by atoms with Gasteiger partial charge >= 0.3 is 0 Å². The van der Waals surface area contributed by atoms with Crippen molar-refractivity contribution in [1.82, 2.24) is 0 Å². The Labute approximate surface area is 197 Å². The van der Waals surface area contributed by atoms with Crippen LogP contribution in [0.15, 0.2) is 42.5 Å². The highest BCUT2D eigenvalue weighted by Gasteiger charge is 2.38. The number of benzene rings is 3. The van der Waals surface area contributed by atoms with E-state index in [9.17, 15) is 9.59 Å². The molecule has 6 heteroatoms. The van der Waals surface area contributed by atoms with Crippen LogP contribution in [0.2, 0.25) is 0 Å². The Kier molecular flexibility index (Phi) is 6.87. The number of rotatable bonds is 8. The van der Waals surface area contributed by atoms with Crippen molar-refractivity contribution in [3.63, 3.8) is 0 Å². The average Bonchev–Trinajstić information content (AvgIpc) is 2.85. The van der Waals surface area contributed by atoms with Crippen LogP contribution in [0.3, 0.4) is 0 Å². The topological polar surface area (TPSA) is 46.2 Å². The van der Waals surface area contributed by atoms with E-state index >= 15 is 13.2 Å². The monoisotopic (exact) mass is 465 g/mol. The van der Waals surface area contributed by atoms with E-state index < -0.39 is 45.8 Å². The summed E-state index contributed by atoms with van der Waals surface area (Å²) in [6.07, 6.45) is 4.98. The van der Waals surface area contributed by atoms with Gasteiger partial charge in [0, 0.05) is 16.8 Å². The minimum absolute atomic E-state index is 0.0251. The van der Waals surface area contributed by atoms with Gasteiger partial charge in [-0.2, -0.15) is 0 Å². The molecule has 3 aromatic carbocycles. The van der Waals surface area contributed by atoms with Crippen molar-refractivity contribution in [2.45, 2.75) is 52.4 Å². The Morgan fingerprint density at radius 3 is 1.65 bits per heavy atom. The molecule has 176 valence electrons. The Morgan fingerprint density at radius 1 is 0.647 bits per heavy atom. The summed E-state index contributed by atoms with van der Waals surface area (Å²) < 4.78 is 46.2. The number of fused-ring (bicyclic) bond motifs is 2. The van der Waals surface area contributed by atoms with E-state index in [0.717, 1.165) is 36.8 Å². The van der Waals surface area contributed by atoms with Gasteiger partial charge in [0.25, 0.3) is 0 Å². The molecule has 3 aromatic rings. The van der Waals surface area contributed by atoms with Crippen LogP contribution >= 0.6 is 0 Å². The molecule has 0 spiro atoms. The predicted molar refractivity (Wildman–Crippen MR) is 127 cm³/mol. The number of hydrogen-bond donors (Lipinski definition) is 1. The molecule has 0 unspecified atom stereocenters. The molecule has 1 aliphatic carbocycles. The van der Waals surface area contributed by atoms with Crippen molar-refractivity contribution >= 4 is 22.9 Å². The Hall–Kier alpha value is -3.41. The number of nitrogens with one attached hydrogen (secondary N) is 1. The SMILES string of the molecule is CCCCc1cccc(CCCC)c1Nc1c(F)c(F)c2c(c1F)C(=O)c1ccccc1C2=O. The average molecular weight is 466 g/mol. The van der Waals surface area contributed by atoms with Gasteiger partial charge in [0.05, 0.1) is 11.1 Å². The number of hydrogen-bond acceptors (Lipinski definition) is 3. The number of ketones is 2. The van der Waals surface area contributed by atoms with E-state index in [-0.39, 0.29) is 11.1 Å². The smallest absolute Gasteiger partial charge is 0.197 e. The van der Waals surface area contributed by atoms with E-state index in [2.05, 4.69) is 5.32 Å². The largest absolute Gasteiger partial charge is 0.350 e. The lowest BCUT2D eigenvalue weighted by atomic mass is 9.83. The van der Waals surface area contributed by atoms with Crippen molar-refractivity contribution < 1.29 is 22.8 Å². The summed E-state index contributed by atoms with van der Waals surface area (Å²) in [4.78, 5) is 25.9. The Bertz CT molecular complexity index is 1260. The molecular formula is C28H26F3NO2. The zero-order chi connectivity index (χ0) is 24.4. The van der Waals surface area contributed by atoms with Gasteiger partial charge in [0.15, 0.2) is 29.0 Å². The van der Waals surface area contributed by atoms with Gasteiger partial charge in [-0.05, 0) is 36.8 Å². The number of aryl methyl sites for hydroxylation is 2. The molecule has 0 amide bonds. The first-order chi connectivity index (χ1) is 16.4. The Balaban J connectivity index is 1.88. The molecule has 0 aliphatic heterocycles. The molecule has 0 aromatic heterocycles. The van der Waals surface area contributed by atoms with Gasteiger partial charge in [-0.15, -0.1) is 0 Å². The third-order valence-corrected chi connectivity index (χ3v) is 6.28. The summed E-state index contributed by atoms with van der Waals surface area (Å²) in [7, 11) is 0. The molecule has 0 radical (unpaired) electrons. The van der Waals surface area contributed by atoms with Gasteiger partial charge in [0.2, 0.25) is 0 Å². The van der Waals surface area contributed by atoms with Crippen LogP contribution in [0.5, 0.6) is 0 Å². The van der Waals surface area contributed by atoms with Gasteiger partial charge in [0.1, 0.15) is 5.69 Å². The summed E-state index contributed by atoms with van der Waals surface area (Å²) in [5, 5.41) is 2.79. The molecule has 4 rings (SSSR count). The quantitative estimate of drug-likeness (QED) is 0.278. The molecule has 0 saturated heterocycles. The van der Waals surface area contributed by atoms with Crippen molar-refractivity contribution in [2.75, 3.05) is 5.32 Å². The maximum absolute atomic E-state index is 15.7. The summed E-state index contributed by atoms with van der Waals surface area (Å²) in [5.74, 6) is -6.03. The minimum atomic E-state index is -1.52. The van der Waals surface area contributed by atoms with Crippen molar-refractivity contribution in [3.05, 3.63) is 93.3 Å². The van der Waals surface area contributed by atoms with Crippen LogP contribution in [0.4, 0.5) is 24.5 Å². The first kappa shape index (κ1) is 23.7. The van der Waals surface area contributed by atoms with E-state index in [1.165, 1.54) is 24.3 Å². The molecular weight excluding hydrogens is 439 g/mol. The number of anilines is 2. The van der Waals surface area contributed by atoms with E-state index in [1.54, 1.807) is 0 Å². The first-order valence-corrected chi connectivity index (χ1v) is 11.7. The third-order valence-electron chi connectivity index (χ3n) is 6.28. The van der Waals surface area contributed by atoms with Crippen molar-refractivity contribution in [1.29, 1.82) is 0 Å². The zero-order valence-electron chi connectivity index (χ0n) is 19.2. The maximum atomic E-state index is 15.7. The Morgan fingerprint density at radius 2 is 1.15 bits per heavy atom. The molecule has 0 heterocycles. The maximum Gasteiger partial charge on any atom is 0.197 e. The van der Waals surface area contributed by atoms with Crippen molar-refractivity contribution in [3.8, 4) is 0 Å². The molecule has 3 nitrogen and oxygen atoms in total. The van der Waals surface area contributed by atoms with Crippen LogP contribution < -0.4 is 5.32 Å². The highest BCUT2D eigenvalue weighted by atomic mass is 19.2. The second-order valence-corrected chi connectivity index (χ2v) is 8.55. The van der Waals surface area contributed by atoms with Crippen LogP contribution in [0.1, 0.15) is 82.5 Å². The molecule has 0 fully saturated rings. The highest BCUT2D eigenvalue weighted by Crippen LogP contribution is 2.38. The fourth-order valence-corrected chi connectivity index (χ4v) is 4.43. The summed E-state index contributed by atoms with van der Waals surface area (Å²) in [6, 6.07) is 11.4. The molecule has 0 saturated carbocycles. The van der Waals surface area contributed by atoms with Gasteiger partial charge in [-0.3, -0.25) is 9.59 Å². The summed E-state index contributed by atoms with van der Waals surface area (Å²) >= 11 is 0. The number of halogens is 3. The van der Waals surface area contributed by atoms with Gasteiger partial charge < -0.3 is 5.32 Å². The second-order valence-electron chi connectivity index (χ2n) is 8.55. The van der Waals surface area contributed by atoms with Crippen LogP contribution in [0, 0.1) is 17.5 Å². The second kappa shape index (κ2) is 9.84. The number of carbonyl (C=O) groups excluding carboxylic acids is 2. The van der Waals surface area contributed by atoms with E-state index in [1.807, 2.05) is 32.0 Å². The lowest BCUT2D eigenvalue weighted by molar-refractivity contribution is 0.0971. The molecule has 34 heavy (non-hydrogen) atoms. The zero-order valence-corrected chi connectivity index (χ0v) is 19.2. The van der Waals surface area contributed by atoms with E-state index in [0.29, 0.717) is 18.5 Å². The minimum Gasteiger partial charge on any atom is -0.350 e. The van der Waals surface area contributed by atoms with Crippen LogP contribution in [-0.2, 0) is 12.8 Å². The fraction of sp³-hybridized carbons (Fsp3) is 0.286. The first-order valence-electron chi connectivity index (χ1n) is 11.7. The molecule has 0 bridgehead atoms. The van der Waals surface area contributed by atoms with Gasteiger partial charge in [-0.25, -0.2) is 13.2 Å². The standard InChI is InChI=1S/C28H26F3NO2/c1-3-5-10-16-12-9-13-17(11-6-4-2)25(16)32-26-23(30)21-20(22(29)24(26)31)27(33)18-14-7-8-15-19(18)28(21)34/h7-9,12-15,32H,3-6,10-11H2,1-2H3. The van der Waals surface area contributed by atoms with Crippen LogP contribution in [-0.4, -0.2) is 11.6 Å². The highest BCUT2D eigenvalue weighted by molar-refractivity contribution is 6.28. The lowest BCUT2D eigenvalue weighted by Crippen LogP contribution is -2.25. The fourth-order valence-electron chi connectivity index (χ4n) is 4.43.